The smallest absolute Gasteiger partial charge is 0.257 e. The molecule has 1 aromatic heterocycles. The van der Waals surface area contributed by atoms with E-state index in [9.17, 15) is 9.59 Å². The first kappa shape index (κ1) is 21.4. The van der Waals surface area contributed by atoms with Crippen LogP contribution in [-0.4, -0.2) is 22.6 Å². The highest BCUT2D eigenvalue weighted by atomic mass is 32.2. The van der Waals surface area contributed by atoms with E-state index in [1.807, 2.05) is 60.7 Å². The molecule has 0 saturated carbocycles. The fraction of sp³-hybridized carbons (Fsp3) is 0.0800. The van der Waals surface area contributed by atoms with Crippen LogP contribution in [0.5, 0.6) is 0 Å². The third kappa shape index (κ3) is 5.44. The van der Waals surface area contributed by atoms with Crippen molar-refractivity contribution in [2.45, 2.75) is 12.1 Å². The molecule has 0 fully saturated rings. The molecule has 0 aliphatic carbocycles. The number of hydrogen-bond donors (Lipinski definition) is 2. The van der Waals surface area contributed by atoms with Crippen LogP contribution in [0.1, 0.15) is 6.92 Å². The Kier molecular flexibility index (Phi) is 6.67. The number of carbonyl (C=O) groups is 2. The maximum atomic E-state index is 12.4. The van der Waals surface area contributed by atoms with Crippen LogP contribution < -0.4 is 10.6 Å². The van der Waals surface area contributed by atoms with Crippen LogP contribution in [-0.2, 0) is 9.59 Å². The van der Waals surface area contributed by atoms with Crippen LogP contribution in [0.4, 0.5) is 11.4 Å². The minimum atomic E-state index is -0.178. The van der Waals surface area contributed by atoms with Gasteiger partial charge in [-0.2, -0.15) is 0 Å². The zero-order valence-electron chi connectivity index (χ0n) is 17.4. The van der Waals surface area contributed by atoms with Crippen LogP contribution in [0.3, 0.4) is 0 Å². The van der Waals surface area contributed by atoms with Gasteiger partial charge in [-0.3, -0.25) is 9.59 Å². The highest BCUT2D eigenvalue weighted by molar-refractivity contribution is 7.99. The molecule has 0 spiro atoms. The Morgan fingerprint density at radius 3 is 1.97 bits per heavy atom. The SMILES string of the molecule is CC(=O)Nc1ccc(NC(=O)CSc2nc(-c3ccccc3)c(-c3ccccc3)o2)cc1. The van der Waals surface area contributed by atoms with E-state index in [1.54, 1.807) is 24.3 Å². The minimum absolute atomic E-state index is 0.145. The van der Waals surface area contributed by atoms with E-state index in [2.05, 4.69) is 15.6 Å². The number of aromatic nitrogens is 1. The van der Waals surface area contributed by atoms with Gasteiger partial charge < -0.3 is 15.1 Å². The van der Waals surface area contributed by atoms with E-state index in [-0.39, 0.29) is 17.6 Å². The predicted octanol–water partition coefficient (Wildman–Crippen LogP) is 5.70. The van der Waals surface area contributed by atoms with E-state index >= 15 is 0 Å². The summed E-state index contributed by atoms with van der Waals surface area (Å²) in [6.45, 7) is 1.45. The third-order valence-corrected chi connectivity index (χ3v) is 5.33. The van der Waals surface area contributed by atoms with Gasteiger partial charge in [0.1, 0.15) is 5.69 Å². The summed E-state index contributed by atoms with van der Waals surface area (Å²) >= 11 is 1.24. The van der Waals surface area contributed by atoms with E-state index in [1.165, 1.54) is 18.7 Å². The Morgan fingerprint density at radius 1 is 0.812 bits per heavy atom. The molecule has 3 aromatic carbocycles. The second-order valence-corrected chi connectivity index (χ2v) is 7.91. The lowest BCUT2D eigenvalue weighted by molar-refractivity contribution is -0.114. The molecule has 6 nitrogen and oxygen atoms in total. The van der Waals surface area contributed by atoms with Gasteiger partial charge in [-0.1, -0.05) is 72.4 Å². The minimum Gasteiger partial charge on any atom is -0.431 e. The molecular formula is C25H21N3O3S. The van der Waals surface area contributed by atoms with Gasteiger partial charge in [-0.05, 0) is 24.3 Å². The summed E-state index contributed by atoms with van der Waals surface area (Å²) in [7, 11) is 0. The van der Waals surface area contributed by atoms with Crippen molar-refractivity contribution in [2.75, 3.05) is 16.4 Å². The van der Waals surface area contributed by atoms with E-state index in [0.717, 1.165) is 16.8 Å². The Morgan fingerprint density at radius 2 is 1.38 bits per heavy atom. The van der Waals surface area contributed by atoms with Crippen LogP contribution >= 0.6 is 11.8 Å². The first-order valence-corrected chi connectivity index (χ1v) is 11.0. The average molecular weight is 444 g/mol. The second kappa shape index (κ2) is 9.98. The summed E-state index contributed by atoms with van der Waals surface area (Å²) in [6, 6.07) is 26.6. The summed E-state index contributed by atoms with van der Waals surface area (Å²) in [4.78, 5) is 28.2. The molecule has 32 heavy (non-hydrogen) atoms. The topological polar surface area (TPSA) is 84.2 Å². The largest absolute Gasteiger partial charge is 0.431 e. The maximum Gasteiger partial charge on any atom is 0.257 e. The molecule has 0 aliphatic rings. The molecule has 2 amide bonds. The summed E-state index contributed by atoms with van der Waals surface area (Å²) in [6.07, 6.45) is 0. The number of nitrogens with zero attached hydrogens (tertiary/aromatic N) is 1. The van der Waals surface area contributed by atoms with Crippen molar-refractivity contribution in [1.29, 1.82) is 0 Å². The molecule has 4 rings (SSSR count). The molecule has 2 N–H and O–H groups in total. The molecule has 0 saturated heterocycles. The second-order valence-electron chi connectivity index (χ2n) is 6.98. The van der Waals surface area contributed by atoms with E-state index in [4.69, 9.17) is 4.42 Å². The number of benzene rings is 3. The Bertz CT molecular complexity index is 1150. The van der Waals surface area contributed by atoms with Gasteiger partial charge in [0.05, 0.1) is 5.75 Å². The fourth-order valence-corrected chi connectivity index (χ4v) is 3.73. The van der Waals surface area contributed by atoms with Crippen molar-refractivity contribution in [3.05, 3.63) is 84.9 Å². The van der Waals surface area contributed by atoms with Gasteiger partial charge >= 0.3 is 0 Å². The highest BCUT2D eigenvalue weighted by Gasteiger charge is 2.18. The number of oxazole rings is 1. The van der Waals surface area contributed by atoms with Crippen molar-refractivity contribution in [3.8, 4) is 22.6 Å². The van der Waals surface area contributed by atoms with E-state index < -0.39 is 0 Å². The van der Waals surface area contributed by atoms with Gasteiger partial charge in [0.25, 0.3) is 5.22 Å². The first-order chi connectivity index (χ1) is 15.6. The average Bonchev–Trinajstić information content (AvgIpc) is 3.24. The molecule has 0 aliphatic heterocycles. The van der Waals surface area contributed by atoms with Crippen molar-refractivity contribution >= 4 is 35.0 Å². The summed E-state index contributed by atoms with van der Waals surface area (Å²) in [5.41, 5.74) is 3.94. The number of hydrogen-bond acceptors (Lipinski definition) is 5. The molecule has 0 radical (unpaired) electrons. The lowest BCUT2D eigenvalue weighted by Gasteiger charge is -2.06. The highest BCUT2D eigenvalue weighted by Crippen LogP contribution is 2.35. The fourth-order valence-electron chi connectivity index (χ4n) is 3.10. The van der Waals surface area contributed by atoms with E-state index in [0.29, 0.717) is 22.4 Å². The lowest BCUT2D eigenvalue weighted by Crippen LogP contribution is -2.14. The molecule has 0 unspecified atom stereocenters. The number of anilines is 2. The Labute approximate surface area is 190 Å². The van der Waals surface area contributed by atoms with Crippen molar-refractivity contribution in [3.63, 3.8) is 0 Å². The third-order valence-electron chi connectivity index (χ3n) is 4.51. The van der Waals surface area contributed by atoms with Crippen LogP contribution in [0.2, 0.25) is 0 Å². The normalized spacial score (nSPS) is 10.5. The van der Waals surface area contributed by atoms with Gasteiger partial charge in [-0.25, -0.2) is 4.98 Å². The number of rotatable bonds is 7. The van der Waals surface area contributed by atoms with Gasteiger partial charge in [-0.15, -0.1) is 0 Å². The quantitative estimate of drug-likeness (QED) is 0.358. The van der Waals surface area contributed by atoms with Gasteiger partial charge in [0, 0.05) is 29.4 Å². The van der Waals surface area contributed by atoms with Gasteiger partial charge in [0.2, 0.25) is 11.8 Å². The maximum absolute atomic E-state index is 12.4. The standard InChI is InChI=1S/C25H21N3O3S/c1-17(29)26-20-12-14-21(15-13-20)27-22(30)16-32-25-28-23(18-8-4-2-5-9-18)24(31-25)19-10-6-3-7-11-19/h2-15H,16H2,1H3,(H,26,29)(H,27,30). The van der Waals surface area contributed by atoms with Crippen LogP contribution in [0.25, 0.3) is 22.6 Å². The van der Waals surface area contributed by atoms with Crippen molar-refractivity contribution < 1.29 is 14.0 Å². The monoisotopic (exact) mass is 443 g/mol. The van der Waals surface area contributed by atoms with Gasteiger partial charge in [0.15, 0.2) is 5.76 Å². The Hall–Kier alpha value is -3.84. The Balaban J connectivity index is 1.46. The number of carbonyl (C=O) groups excluding carboxylic acids is 2. The molecule has 4 aromatic rings. The molecule has 0 atom stereocenters. The number of nitrogens with one attached hydrogen (secondary N) is 2. The number of thioether (sulfide) groups is 1. The zero-order chi connectivity index (χ0) is 22.3. The summed E-state index contributed by atoms with van der Waals surface area (Å²) < 4.78 is 6.04. The lowest BCUT2D eigenvalue weighted by atomic mass is 10.1. The van der Waals surface area contributed by atoms with Crippen LogP contribution in [0.15, 0.2) is 94.6 Å². The molecule has 7 heteroatoms. The number of amides is 2. The molecule has 0 bridgehead atoms. The first-order valence-electron chi connectivity index (χ1n) is 10.0. The summed E-state index contributed by atoms with van der Waals surface area (Å²) in [5.74, 6) is 0.501. The zero-order valence-corrected chi connectivity index (χ0v) is 18.2. The molecular weight excluding hydrogens is 422 g/mol. The van der Waals surface area contributed by atoms with Crippen molar-refractivity contribution in [2.24, 2.45) is 0 Å². The predicted molar refractivity (Wildman–Crippen MR) is 127 cm³/mol. The molecule has 160 valence electrons. The summed E-state index contributed by atoms with van der Waals surface area (Å²) in [5, 5.41) is 5.96. The van der Waals surface area contributed by atoms with Crippen molar-refractivity contribution in [1.82, 2.24) is 4.98 Å². The van der Waals surface area contributed by atoms with Crippen LogP contribution in [0, 0.1) is 0 Å². The molecule has 1 heterocycles.